The monoisotopic (exact) mass is 330 g/mol. The third kappa shape index (κ3) is 3.29. The van der Waals surface area contributed by atoms with Crippen LogP contribution in [0.4, 0.5) is 0 Å². The van der Waals surface area contributed by atoms with Crippen LogP contribution in [0.3, 0.4) is 0 Å². The fourth-order valence-corrected chi connectivity index (χ4v) is 2.21. The van der Waals surface area contributed by atoms with Crippen molar-refractivity contribution < 1.29 is 20.4 Å². The quantitative estimate of drug-likeness (QED) is 0.365. The molecule has 0 saturated carbocycles. The van der Waals surface area contributed by atoms with Gasteiger partial charge in [-0.2, -0.15) is 4.98 Å². The van der Waals surface area contributed by atoms with Crippen molar-refractivity contribution in [2.75, 3.05) is 6.61 Å². The van der Waals surface area contributed by atoms with Crippen molar-refractivity contribution in [2.45, 2.75) is 38.7 Å². The second-order valence-electron chi connectivity index (χ2n) is 5.24. The molecule has 5 N–H and O–H groups in total. The van der Waals surface area contributed by atoms with Crippen molar-refractivity contribution in [2.24, 2.45) is 0 Å². The fourth-order valence-electron chi connectivity index (χ4n) is 2.21. The van der Waals surface area contributed by atoms with Crippen LogP contribution in [0.2, 0.25) is 0 Å². The second kappa shape index (κ2) is 6.54. The molecule has 3 atom stereocenters. The molecular weight excluding hydrogens is 312 g/mol. The lowest BCUT2D eigenvalue weighted by atomic mass is 10.4. The van der Waals surface area contributed by atoms with Gasteiger partial charge in [-0.05, 0) is 13.8 Å². The Labute approximate surface area is 130 Å². The summed E-state index contributed by atoms with van der Waals surface area (Å²) in [7, 11) is 0. The van der Waals surface area contributed by atoms with Crippen LogP contribution in [0.25, 0.3) is 11.5 Å². The number of nitrogens with zero attached hydrogens (tertiary/aromatic N) is 3. The van der Waals surface area contributed by atoms with Gasteiger partial charge in [-0.3, -0.25) is 9.78 Å². The average molecular weight is 330 g/mol. The summed E-state index contributed by atoms with van der Waals surface area (Å²) in [5.74, 6) is -0.0356. The molecule has 126 valence electrons. The zero-order valence-electron chi connectivity index (χ0n) is 12.6. The molecule has 0 amide bonds. The summed E-state index contributed by atoms with van der Waals surface area (Å²) in [5.41, 5.74) is -0.626. The van der Waals surface area contributed by atoms with Gasteiger partial charge in [0.25, 0.3) is 5.56 Å². The number of rotatable bonds is 5. The van der Waals surface area contributed by atoms with Crippen LogP contribution in [-0.4, -0.2) is 64.9 Å². The molecule has 0 unspecified atom stereocenters. The van der Waals surface area contributed by atoms with Crippen LogP contribution in [0.1, 0.15) is 11.4 Å². The largest absolute Gasteiger partial charge is 0.394 e. The minimum atomic E-state index is -1.61. The smallest absolute Gasteiger partial charge is 0.349 e. The van der Waals surface area contributed by atoms with Gasteiger partial charge in [0.2, 0.25) is 0 Å². The average Bonchev–Trinajstić information content (AvgIpc) is 2.51. The normalized spacial score (nSPS) is 15.6. The summed E-state index contributed by atoms with van der Waals surface area (Å²) in [5, 5.41) is 38.0. The van der Waals surface area contributed by atoms with Gasteiger partial charge in [0.1, 0.15) is 18.3 Å². The molecule has 0 radical (unpaired) electrons. The molecule has 0 fully saturated rings. The standard InChI is InChI=1S/C13H18N4O6/c1-5-6(2)17(3-7(19)10(21)8(20)4-18)11-9(14-5)12(22)16-13(23)15-11/h7-8,10,18-21H,3-4H2,1-2H3,(H,16,22,23)/t7-,8+,10-/m0/s1/i5+1,6+1,7+1,10+1. The molecule has 0 aromatic rings. The van der Waals surface area contributed by atoms with E-state index in [-0.39, 0.29) is 18.1 Å². The second-order valence-corrected chi connectivity index (χ2v) is 5.24. The highest BCUT2D eigenvalue weighted by atomic mass is 16.5. The van der Waals surface area contributed by atoms with Crippen LogP contribution in [0.15, 0.2) is 9.59 Å². The molecule has 0 bridgehead atoms. The van der Waals surface area contributed by atoms with Crippen molar-refractivity contribution in [1.29, 1.82) is 0 Å². The minimum absolute atomic E-state index is 0.0356. The van der Waals surface area contributed by atoms with Gasteiger partial charge < -0.3 is 25.0 Å². The Morgan fingerprint density at radius 1 is 1.13 bits per heavy atom. The molecule has 23 heavy (non-hydrogen) atoms. The lowest BCUT2D eigenvalue weighted by molar-refractivity contribution is -0.0807. The van der Waals surface area contributed by atoms with Gasteiger partial charge in [0.15, 0.2) is 11.5 Å². The number of fused-ring (bicyclic) bond motifs is 1. The molecular formula is C13H18N4O6. The summed E-state index contributed by atoms with van der Waals surface area (Å²) in [6.07, 6.45) is -4.59. The Morgan fingerprint density at radius 2 is 1.78 bits per heavy atom. The number of hydrogen-bond acceptors (Lipinski definition) is 8. The Kier molecular flexibility index (Phi) is 4.90. The van der Waals surface area contributed by atoms with Crippen molar-refractivity contribution in [1.82, 2.24) is 19.5 Å². The first kappa shape index (κ1) is 17.2. The van der Waals surface area contributed by atoms with E-state index >= 15 is 0 Å². The molecule has 10 heteroatoms. The van der Waals surface area contributed by atoms with E-state index in [0.717, 1.165) is 0 Å². The predicted molar refractivity (Wildman–Crippen MR) is 78.1 cm³/mol. The third-order valence-corrected chi connectivity index (χ3v) is 3.66. The van der Waals surface area contributed by atoms with Gasteiger partial charge in [0, 0.05) is 5.69 Å². The van der Waals surface area contributed by atoms with Crippen LogP contribution in [0.5, 0.6) is 0 Å². The van der Waals surface area contributed by atoms with Gasteiger partial charge in [-0.1, -0.05) is 0 Å². The fraction of sp³-hybridized carbons (Fsp3) is 0.538. The highest BCUT2D eigenvalue weighted by Crippen LogP contribution is 2.18. The highest BCUT2D eigenvalue weighted by Gasteiger charge is 2.27. The number of aliphatic hydroxyl groups is 4. The van der Waals surface area contributed by atoms with Crippen molar-refractivity contribution in [3.63, 3.8) is 0 Å². The van der Waals surface area contributed by atoms with Gasteiger partial charge >= 0.3 is 5.69 Å². The number of aliphatic hydroxyl groups excluding tert-OH is 4. The first-order chi connectivity index (χ1) is 10.8. The molecule has 10 nitrogen and oxygen atoms in total. The highest BCUT2D eigenvalue weighted by molar-refractivity contribution is 5.50. The third-order valence-electron chi connectivity index (χ3n) is 3.66. The summed E-state index contributed by atoms with van der Waals surface area (Å²) in [6.45, 7) is 2.32. The first-order valence-electron chi connectivity index (χ1n) is 6.89. The minimum Gasteiger partial charge on any atom is -0.394 e. The number of aromatic nitrogens is 4. The number of nitrogens with one attached hydrogen (secondary N) is 1. The first-order valence-corrected chi connectivity index (χ1v) is 6.89. The SMILES string of the molecule is C[13c]1nc2c(=O)[nH]c(=O)nc-2n(C[13C@H](O)[13C@H](O)[C@H](O)CO)[13c]1C. The molecule has 0 spiro atoms. The number of H-pyrrole nitrogens is 1. The Balaban J connectivity index is 2.53. The van der Waals surface area contributed by atoms with E-state index in [2.05, 4.69) is 9.97 Å². The summed E-state index contributed by atoms with van der Waals surface area (Å²) in [6, 6.07) is 0. The van der Waals surface area contributed by atoms with E-state index < -0.39 is 36.2 Å². The van der Waals surface area contributed by atoms with Crippen molar-refractivity contribution >= 4 is 0 Å². The summed E-state index contributed by atoms with van der Waals surface area (Å²) >= 11 is 0. The van der Waals surface area contributed by atoms with E-state index in [1.54, 1.807) is 13.8 Å². The molecule has 2 aliphatic rings. The molecule has 0 saturated heterocycles. The lowest BCUT2D eigenvalue weighted by Crippen LogP contribution is -2.42. The van der Waals surface area contributed by atoms with E-state index in [1.807, 2.05) is 4.98 Å². The topological polar surface area (TPSA) is 162 Å². The predicted octanol–water partition coefficient (Wildman–Crippen LogP) is -2.88. The van der Waals surface area contributed by atoms with E-state index in [0.29, 0.717) is 11.4 Å². The maximum Gasteiger partial charge on any atom is 0.349 e. The van der Waals surface area contributed by atoms with Gasteiger partial charge in [0.05, 0.1) is 18.8 Å². The molecule has 0 aromatic carbocycles. The molecule has 2 rings (SSSR count). The Bertz CT molecular complexity index is 785. The van der Waals surface area contributed by atoms with Crippen molar-refractivity contribution in [3.05, 3.63) is 32.2 Å². The Morgan fingerprint density at radius 3 is 2.39 bits per heavy atom. The van der Waals surface area contributed by atoms with Crippen LogP contribution < -0.4 is 11.2 Å². The van der Waals surface area contributed by atoms with Gasteiger partial charge in [-0.15, -0.1) is 0 Å². The number of aromatic amines is 1. The molecule has 0 aliphatic carbocycles. The molecule has 0 aromatic heterocycles. The van der Waals surface area contributed by atoms with E-state index in [1.165, 1.54) is 4.57 Å². The summed E-state index contributed by atoms with van der Waals surface area (Å²) in [4.78, 5) is 33.1. The maximum absolute atomic E-state index is 11.8. The van der Waals surface area contributed by atoms with Crippen LogP contribution >= 0.6 is 0 Å². The van der Waals surface area contributed by atoms with Gasteiger partial charge in [-0.25, -0.2) is 9.78 Å². The maximum atomic E-state index is 11.8. The van der Waals surface area contributed by atoms with Crippen LogP contribution in [-0.2, 0) is 6.54 Å². The van der Waals surface area contributed by atoms with E-state index in [4.69, 9.17) is 5.11 Å². The lowest BCUT2D eigenvalue weighted by Gasteiger charge is -2.25. The molecule has 2 heterocycles. The number of hydrogen-bond donors (Lipinski definition) is 5. The number of aryl methyl sites for hydroxylation is 1. The van der Waals surface area contributed by atoms with Crippen molar-refractivity contribution in [3.8, 4) is 11.5 Å². The zero-order chi connectivity index (χ0) is 17.3. The molecule has 2 aliphatic heterocycles. The summed E-state index contributed by atoms with van der Waals surface area (Å²) < 4.78 is 1.37. The van der Waals surface area contributed by atoms with E-state index in [9.17, 15) is 24.9 Å². The van der Waals surface area contributed by atoms with Crippen LogP contribution in [0, 0.1) is 13.8 Å². The zero-order valence-corrected chi connectivity index (χ0v) is 12.6. The Hall–Kier alpha value is -2.14.